The number of aryl methyl sites for hydroxylation is 2. The molecule has 6 heteroatoms. The molecule has 0 saturated carbocycles. The highest BCUT2D eigenvalue weighted by molar-refractivity contribution is 5.64. The van der Waals surface area contributed by atoms with Gasteiger partial charge in [0.25, 0.3) is 0 Å². The van der Waals surface area contributed by atoms with Crippen molar-refractivity contribution in [3.05, 3.63) is 42.2 Å². The summed E-state index contributed by atoms with van der Waals surface area (Å²) in [6, 6.07) is 5.50. The molecular weight excluding hydrogens is 242 g/mol. The van der Waals surface area contributed by atoms with Crippen LogP contribution in [0.15, 0.2) is 35.2 Å². The minimum Gasteiger partial charge on any atom is -0.469 e. The maximum atomic E-state index is 5.99. The number of furan rings is 1. The van der Waals surface area contributed by atoms with Crippen LogP contribution >= 0.6 is 0 Å². The Morgan fingerprint density at radius 1 is 1.21 bits per heavy atom. The molecule has 0 aliphatic carbocycles. The second-order valence-corrected chi connectivity index (χ2v) is 4.27. The summed E-state index contributed by atoms with van der Waals surface area (Å²) >= 11 is 0. The number of hydrogen-bond acceptors (Lipinski definition) is 5. The molecule has 2 N–H and O–H groups in total. The molecule has 0 spiro atoms. The van der Waals surface area contributed by atoms with E-state index in [4.69, 9.17) is 10.2 Å². The molecule has 0 amide bonds. The fourth-order valence-corrected chi connectivity index (χ4v) is 1.92. The highest BCUT2D eigenvalue weighted by Crippen LogP contribution is 2.25. The van der Waals surface area contributed by atoms with Gasteiger partial charge < -0.3 is 10.2 Å². The molecule has 96 valence electrons. The first kappa shape index (κ1) is 11.5. The van der Waals surface area contributed by atoms with Crippen LogP contribution in [0.5, 0.6) is 0 Å². The monoisotopic (exact) mass is 255 g/mol. The molecule has 0 bridgehead atoms. The molecule has 3 aromatic heterocycles. The fraction of sp³-hybridized carbons (Fsp3) is 0.154. The Morgan fingerprint density at radius 3 is 2.74 bits per heavy atom. The van der Waals surface area contributed by atoms with E-state index in [1.165, 1.54) is 6.33 Å². The number of nitrogen functional groups attached to an aromatic ring is 1. The lowest BCUT2D eigenvalue weighted by molar-refractivity contribution is 0.535. The highest BCUT2D eigenvalue weighted by Gasteiger charge is 2.13. The van der Waals surface area contributed by atoms with Gasteiger partial charge in [-0.3, -0.25) is 0 Å². The van der Waals surface area contributed by atoms with Gasteiger partial charge in [-0.05, 0) is 19.9 Å². The third-order valence-corrected chi connectivity index (χ3v) is 2.88. The standard InChI is InChI=1S/C13H13N5O/c1-8-5-13(16-7-15-8)18-12(14)6-11(17-18)10-3-4-19-9(10)2/h3-7H,14H2,1-2H3. The van der Waals surface area contributed by atoms with Gasteiger partial charge in [0, 0.05) is 23.4 Å². The van der Waals surface area contributed by atoms with Crippen molar-refractivity contribution < 1.29 is 4.42 Å². The van der Waals surface area contributed by atoms with Gasteiger partial charge in [-0.1, -0.05) is 0 Å². The Morgan fingerprint density at radius 2 is 2.05 bits per heavy atom. The van der Waals surface area contributed by atoms with E-state index in [-0.39, 0.29) is 0 Å². The van der Waals surface area contributed by atoms with Crippen LogP contribution in [0.1, 0.15) is 11.5 Å². The van der Waals surface area contributed by atoms with Gasteiger partial charge >= 0.3 is 0 Å². The topological polar surface area (TPSA) is 82.8 Å². The number of nitrogens with two attached hydrogens (primary N) is 1. The molecule has 19 heavy (non-hydrogen) atoms. The lowest BCUT2D eigenvalue weighted by Crippen LogP contribution is -2.04. The summed E-state index contributed by atoms with van der Waals surface area (Å²) in [5.74, 6) is 1.98. The first-order valence-electron chi connectivity index (χ1n) is 5.84. The van der Waals surface area contributed by atoms with E-state index in [0.717, 1.165) is 22.7 Å². The third-order valence-electron chi connectivity index (χ3n) is 2.88. The minimum absolute atomic E-state index is 0.522. The van der Waals surface area contributed by atoms with E-state index in [1.807, 2.05) is 26.0 Å². The van der Waals surface area contributed by atoms with Gasteiger partial charge in [0.15, 0.2) is 5.82 Å². The summed E-state index contributed by atoms with van der Waals surface area (Å²) in [4.78, 5) is 8.23. The SMILES string of the molecule is Cc1cc(-n2nc(-c3ccoc3C)cc2N)ncn1. The molecule has 3 heterocycles. The molecule has 3 aromatic rings. The van der Waals surface area contributed by atoms with E-state index < -0.39 is 0 Å². The summed E-state index contributed by atoms with van der Waals surface area (Å²) in [6.07, 6.45) is 3.13. The molecule has 0 aromatic carbocycles. The van der Waals surface area contributed by atoms with Crippen LogP contribution in [0.3, 0.4) is 0 Å². The summed E-state index contributed by atoms with van der Waals surface area (Å²) in [6.45, 7) is 3.78. The Kier molecular flexibility index (Phi) is 2.56. The van der Waals surface area contributed by atoms with Crippen LogP contribution in [0.25, 0.3) is 17.1 Å². The van der Waals surface area contributed by atoms with Crippen molar-refractivity contribution in [3.63, 3.8) is 0 Å². The molecule has 0 aliphatic heterocycles. The van der Waals surface area contributed by atoms with Crippen molar-refractivity contribution in [1.82, 2.24) is 19.7 Å². The number of nitrogens with zero attached hydrogens (tertiary/aromatic N) is 4. The molecule has 0 aliphatic rings. The van der Waals surface area contributed by atoms with Crippen LogP contribution < -0.4 is 5.73 Å². The van der Waals surface area contributed by atoms with Crippen molar-refractivity contribution in [2.45, 2.75) is 13.8 Å². The summed E-state index contributed by atoms with van der Waals surface area (Å²) < 4.78 is 6.87. The van der Waals surface area contributed by atoms with E-state index in [2.05, 4.69) is 15.1 Å². The van der Waals surface area contributed by atoms with Crippen LogP contribution in [0.4, 0.5) is 5.82 Å². The van der Waals surface area contributed by atoms with Crippen molar-refractivity contribution in [2.75, 3.05) is 5.73 Å². The molecule has 3 rings (SSSR count). The van der Waals surface area contributed by atoms with E-state index >= 15 is 0 Å². The number of anilines is 1. The van der Waals surface area contributed by atoms with Gasteiger partial charge in [-0.15, -0.1) is 0 Å². The Balaban J connectivity index is 2.10. The lowest BCUT2D eigenvalue weighted by Gasteiger charge is -2.02. The largest absolute Gasteiger partial charge is 0.469 e. The Labute approximate surface area is 109 Å². The van der Waals surface area contributed by atoms with E-state index in [9.17, 15) is 0 Å². The molecule has 0 fully saturated rings. The van der Waals surface area contributed by atoms with Gasteiger partial charge in [0.05, 0.1) is 12.0 Å². The van der Waals surface area contributed by atoms with Crippen LogP contribution in [-0.2, 0) is 0 Å². The molecule has 0 atom stereocenters. The van der Waals surface area contributed by atoms with Crippen molar-refractivity contribution in [3.8, 4) is 17.1 Å². The van der Waals surface area contributed by atoms with Gasteiger partial charge in [-0.2, -0.15) is 9.78 Å². The van der Waals surface area contributed by atoms with Crippen LogP contribution in [0.2, 0.25) is 0 Å². The predicted molar refractivity (Wildman–Crippen MR) is 70.7 cm³/mol. The van der Waals surface area contributed by atoms with Gasteiger partial charge in [0.2, 0.25) is 0 Å². The quantitative estimate of drug-likeness (QED) is 0.758. The average Bonchev–Trinajstić information content (AvgIpc) is 2.95. The Hall–Kier alpha value is -2.63. The lowest BCUT2D eigenvalue weighted by atomic mass is 10.2. The zero-order chi connectivity index (χ0) is 13.4. The normalized spacial score (nSPS) is 10.8. The van der Waals surface area contributed by atoms with Gasteiger partial charge in [-0.25, -0.2) is 9.97 Å². The first-order valence-corrected chi connectivity index (χ1v) is 5.84. The minimum atomic E-state index is 0.522. The first-order chi connectivity index (χ1) is 9.15. The van der Waals surface area contributed by atoms with E-state index in [1.54, 1.807) is 17.0 Å². The van der Waals surface area contributed by atoms with Crippen molar-refractivity contribution in [1.29, 1.82) is 0 Å². The summed E-state index contributed by atoms with van der Waals surface area (Å²) in [5, 5.41) is 4.47. The zero-order valence-electron chi connectivity index (χ0n) is 10.7. The number of rotatable bonds is 2. The second kappa shape index (κ2) is 4.24. The highest BCUT2D eigenvalue weighted by atomic mass is 16.3. The zero-order valence-corrected chi connectivity index (χ0v) is 10.7. The van der Waals surface area contributed by atoms with Crippen molar-refractivity contribution >= 4 is 5.82 Å². The van der Waals surface area contributed by atoms with Gasteiger partial charge in [0.1, 0.15) is 17.9 Å². The summed E-state index contributed by atoms with van der Waals surface area (Å²) in [7, 11) is 0. The summed E-state index contributed by atoms with van der Waals surface area (Å²) in [5.41, 5.74) is 8.54. The van der Waals surface area contributed by atoms with E-state index in [0.29, 0.717) is 11.6 Å². The van der Waals surface area contributed by atoms with Crippen LogP contribution in [-0.4, -0.2) is 19.7 Å². The molecular formula is C13H13N5O. The average molecular weight is 255 g/mol. The second-order valence-electron chi connectivity index (χ2n) is 4.27. The maximum Gasteiger partial charge on any atom is 0.159 e. The fourth-order valence-electron chi connectivity index (χ4n) is 1.92. The van der Waals surface area contributed by atoms with Crippen LogP contribution in [0, 0.1) is 13.8 Å². The molecule has 6 nitrogen and oxygen atoms in total. The number of aromatic nitrogens is 4. The smallest absolute Gasteiger partial charge is 0.159 e. The molecule has 0 saturated heterocycles. The maximum absolute atomic E-state index is 5.99. The Bertz CT molecular complexity index is 728. The van der Waals surface area contributed by atoms with Crippen molar-refractivity contribution in [2.24, 2.45) is 0 Å². The molecule has 0 unspecified atom stereocenters. The molecule has 0 radical (unpaired) electrons. The third kappa shape index (κ3) is 1.97. The predicted octanol–water partition coefficient (Wildman–Crippen LogP) is 2.12. The number of hydrogen-bond donors (Lipinski definition) is 1.